The summed E-state index contributed by atoms with van der Waals surface area (Å²) >= 11 is 0. The summed E-state index contributed by atoms with van der Waals surface area (Å²) in [4.78, 5) is 33.2. The van der Waals surface area contributed by atoms with E-state index in [0.29, 0.717) is 18.4 Å². The van der Waals surface area contributed by atoms with Gasteiger partial charge in [-0.1, -0.05) is 20.8 Å². The number of fused-ring (bicyclic) bond motifs is 1. The molecule has 0 N–H and O–H groups in total. The highest BCUT2D eigenvalue weighted by molar-refractivity contribution is 6.12. The van der Waals surface area contributed by atoms with Crippen LogP contribution in [0.1, 0.15) is 54.6 Å². The molecular formula is C19H21N3O2. The van der Waals surface area contributed by atoms with Gasteiger partial charge in [0.1, 0.15) is 5.82 Å². The van der Waals surface area contributed by atoms with Crippen LogP contribution < -0.4 is 5.56 Å². The topological polar surface area (TPSA) is 64.8 Å². The number of nitrogens with zero attached hydrogens (tertiary/aromatic N) is 3. The molecule has 0 radical (unpaired) electrons. The lowest BCUT2D eigenvalue weighted by molar-refractivity contribution is 0.102. The Morgan fingerprint density at radius 3 is 2.38 bits per heavy atom. The number of allylic oxidation sites excluding steroid dienone is 1. The number of pyridine rings is 1. The summed E-state index contributed by atoms with van der Waals surface area (Å²) in [5, 5.41) is 0. The molecule has 2 aromatic rings. The Balaban J connectivity index is 1.93. The summed E-state index contributed by atoms with van der Waals surface area (Å²) in [7, 11) is 1.71. The van der Waals surface area contributed by atoms with E-state index in [1.165, 1.54) is 6.07 Å². The van der Waals surface area contributed by atoms with E-state index in [2.05, 4.69) is 30.7 Å². The number of rotatable bonds is 1. The predicted octanol–water partition coefficient (Wildman–Crippen LogP) is 2.69. The SMILES string of the molecule is Cn1c2c(ccc1=O)C(=O)/C(=C\c1cnc(C(C)(C)C)nc1)CC2. The second-order valence-corrected chi connectivity index (χ2v) is 7.18. The predicted molar refractivity (Wildman–Crippen MR) is 93.0 cm³/mol. The number of carbonyl (C=O) groups excluding carboxylic acids is 1. The van der Waals surface area contributed by atoms with Crippen molar-refractivity contribution in [3.05, 3.63) is 63.1 Å². The van der Waals surface area contributed by atoms with Gasteiger partial charge in [-0.3, -0.25) is 9.59 Å². The van der Waals surface area contributed by atoms with Crippen molar-refractivity contribution in [2.24, 2.45) is 7.05 Å². The van der Waals surface area contributed by atoms with Crippen LogP contribution in [-0.2, 0) is 18.9 Å². The smallest absolute Gasteiger partial charge is 0.250 e. The molecule has 5 nitrogen and oxygen atoms in total. The molecule has 1 aliphatic rings. The fourth-order valence-corrected chi connectivity index (χ4v) is 2.86. The Hall–Kier alpha value is -2.56. The van der Waals surface area contributed by atoms with Gasteiger partial charge in [0, 0.05) is 53.3 Å². The highest BCUT2D eigenvalue weighted by atomic mass is 16.1. The maximum absolute atomic E-state index is 12.7. The van der Waals surface area contributed by atoms with Crippen molar-refractivity contribution in [1.29, 1.82) is 0 Å². The molecular weight excluding hydrogens is 302 g/mol. The molecule has 0 spiro atoms. The fraction of sp³-hybridized carbons (Fsp3) is 0.368. The number of aromatic nitrogens is 3. The van der Waals surface area contributed by atoms with Crippen molar-refractivity contribution in [1.82, 2.24) is 14.5 Å². The van der Waals surface area contributed by atoms with Crippen LogP contribution in [0.4, 0.5) is 0 Å². The molecule has 0 saturated carbocycles. The molecule has 0 aromatic carbocycles. The van der Waals surface area contributed by atoms with Gasteiger partial charge < -0.3 is 4.57 Å². The summed E-state index contributed by atoms with van der Waals surface area (Å²) in [5.41, 5.74) is 2.79. The van der Waals surface area contributed by atoms with Crippen LogP contribution in [-0.4, -0.2) is 20.3 Å². The van der Waals surface area contributed by atoms with Crippen LogP contribution in [0.3, 0.4) is 0 Å². The lowest BCUT2D eigenvalue weighted by Crippen LogP contribution is -2.26. The Morgan fingerprint density at radius 1 is 1.08 bits per heavy atom. The van der Waals surface area contributed by atoms with Crippen molar-refractivity contribution < 1.29 is 4.79 Å². The van der Waals surface area contributed by atoms with Crippen molar-refractivity contribution in [3.63, 3.8) is 0 Å². The van der Waals surface area contributed by atoms with Crippen LogP contribution in [0.5, 0.6) is 0 Å². The maximum Gasteiger partial charge on any atom is 0.250 e. The first-order valence-electron chi connectivity index (χ1n) is 8.04. The zero-order valence-electron chi connectivity index (χ0n) is 14.5. The molecule has 0 bridgehead atoms. The van der Waals surface area contributed by atoms with Crippen molar-refractivity contribution in [2.75, 3.05) is 0 Å². The normalized spacial score (nSPS) is 16.3. The quantitative estimate of drug-likeness (QED) is 0.757. The minimum atomic E-state index is -0.101. The molecule has 1 aliphatic carbocycles. The monoisotopic (exact) mass is 323 g/mol. The molecule has 5 heteroatoms. The second-order valence-electron chi connectivity index (χ2n) is 7.18. The van der Waals surface area contributed by atoms with Crippen molar-refractivity contribution >= 4 is 11.9 Å². The summed E-state index contributed by atoms with van der Waals surface area (Å²) in [6.45, 7) is 6.19. The third-order valence-corrected chi connectivity index (χ3v) is 4.29. The van der Waals surface area contributed by atoms with Gasteiger partial charge in [-0.15, -0.1) is 0 Å². The van der Waals surface area contributed by atoms with E-state index in [1.54, 1.807) is 30.1 Å². The van der Waals surface area contributed by atoms with Crippen molar-refractivity contribution in [3.8, 4) is 0 Å². The molecule has 0 aliphatic heterocycles. The number of hydrogen-bond acceptors (Lipinski definition) is 4. The lowest BCUT2D eigenvalue weighted by atomic mass is 9.89. The van der Waals surface area contributed by atoms with Crippen LogP contribution in [0, 0.1) is 0 Å². The maximum atomic E-state index is 12.7. The average Bonchev–Trinajstić information content (AvgIpc) is 2.53. The van der Waals surface area contributed by atoms with Gasteiger partial charge in [-0.05, 0) is 25.0 Å². The minimum Gasteiger partial charge on any atom is -0.315 e. The van der Waals surface area contributed by atoms with E-state index >= 15 is 0 Å². The molecule has 24 heavy (non-hydrogen) atoms. The Labute approximate surface area is 141 Å². The Kier molecular flexibility index (Phi) is 3.95. The van der Waals surface area contributed by atoms with E-state index in [0.717, 1.165) is 22.7 Å². The van der Waals surface area contributed by atoms with Crippen LogP contribution in [0.2, 0.25) is 0 Å². The third-order valence-electron chi connectivity index (χ3n) is 4.29. The molecule has 0 fully saturated rings. The van der Waals surface area contributed by atoms with Gasteiger partial charge in [0.05, 0.1) is 0 Å². The van der Waals surface area contributed by atoms with Gasteiger partial charge in [-0.2, -0.15) is 0 Å². The molecule has 124 valence electrons. The van der Waals surface area contributed by atoms with Gasteiger partial charge in [0.2, 0.25) is 5.56 Å². The van der Waals surface area contributed by atoms with Gasteiger partial charge >= 0.3 is 0 Å². The molecule has 2 aromatic heterocycles. The summed E-state index contributed by atoms with van der Waals surface area (Å²) in [6.07, 6.45) is 6.65. The van der Waals surface area contributed by atoms with E-state index in [-0.39, 0.29) is 16.8 Å². The van der Waals surface area contributed by atoms with Gasteiger partial charge in [-0.25, -0.2) is 9.97 Å². The largest absolute Gasteiger partial charge is 0.315 e. The summed E-state index contributed by atoms with van der Waals surface area (Å²) in [5.74, 6) is 0.756. The summed E-state index contributed by atoms with van der Waals surface area (Å²) in [6, 6.07) is 3.08. The van der Waals surface area contributed by atoms with E-state index in [9.17, 15) is 9.59 Å². The first-order chi connectivity index (χ1) is 11.3. The number of hydrogen-bond donors (Lipinski definition) is 0. The van der Waals surface area contributed by atoms with Crippen molar-refractivity contribution in [2.45, 2.75) is 39.0 Å². The molecule has 0 unspecified atom stereocenters. The minimum absolute atomic E-state index is 0.0215. The fourth-order valence-electron chi connectivity index (χ4n) is 2.86. The standard InChI is InChI=1S/C19H21N3O2/c1-19(2,3)18-20-10-12(11-21-18)9-13-5-7-15-14(17(13)24)6-8-16(23)22(15)4/h6,8-11H,5,7H2,1-4H3/b13-9-. The third kappa shape index (κ3) is 2.94. The highest BCUT2D eigenvalue weighted by Gasteiger charge is 2.24. The zero-order chi connectivity index (χ0) is 17.5. The van der Waals surface area contributed by atoms with Crippen LogP contribution in [0.15, 0.2) is 34.9 Å². The number of Topliss-reactive ketones (excluding diaryl/α,β-unsaturated/α-hetero) is 1. The Morgan fingerprint density at radius 2 is 1.75 bits per heavy atom. The molecule has 0 saturated heterocycles. The zero-order valence-corrected chi connectivity index (χ0v) is 14.5. The first-order valence-corrected chi connectivity index (χ1v) is 8.04. The lowest BCUT2D eigenvalue weighted by Gasteiger charge is -2.20. The first kappa shape index (κ1) is 16.3. The number of carbonyl (C=O) groups is 1. The van der Waals surface area contributed by atoms with E-state index in [4.69, 9.17) is 0 Å². The number of ketones is 1. The molecule has 0 amide bonds. The van der Waals surface area contributed by atoms with Gasteiger partial charge in [0.25, 0.3) is 0 Å². The molecule has 0 atom stereocenters. The molecule has 3 rings (SSSR count). The Bertz CT molecular complexity index is 884. The summed E-state index contributed by atoms with van der Waals surface area (Å²) < 4.78 is 1.56. The molecule has 2 heterocycles. The highest BCUT2D eigenvalue weighted by Crippen LogP contribution is 2.25. The van der Waals surface area contributed by atoms with Crippen LogP contribution >= 0.6 is 0 Å². The van der Waals surface area contributed by atoms with E-state index in [1.807, 2.05) is 6.08 Å². The van der Waals surface area contributed by atoms with Crippen LogP contribution in [0.25, 0.3) is 6.08 Å². The average molecular weight is 323 g/mol. The van der Waals surface area contributed by atoms with E-state index < -0.39 is 0 Å². The second kappa shape index (κ2) is 5.82. The van der Waals surface area contributed by atoms with Gasteiger partial charge in [0.15, 0.2) is 5.78 Å².